The number of ether oxygens (including phenoxy) is 2. The van der Waals surface area contributed by atoms with Crippen molar-refractivity contribution in [2.75, 3.05) is 13.7 Å². The molecule has 0 aliphatic heterocycles. The fraction of sp³-hybridized carbons (Fsp3) is 0.435. The van der Waals surface area contributed by atoms with E-state index in [9.17, 15) is 29.1 Å². The molecule has 0 saturated heterocycles. The van der Waals surface area contributed by atoms with Gasteiger partial charge in [0.2, 0.25) is 11.8 Å². The number of nitrogens with one attached hydrogen (secondary N) is 2. The Morgan fingerprint density at radius 1 is 1.23 bits per heavy atom. The number of primary amides is 1. The van der Waals surface area contributed by atoms with Crippen molar-refractivity contribution in [1.82, 2.24) is 15.5 Å². The van der Waals surface area contributed by atoms with Crippen LogP contribution in [0.25, 0.3) is 0 Å². The van der Waals surface area contributed by atoms with Crippen LogP contribution in [0.3, 0.4) is 0 Å². The minimum atomic E-state index is -1.51. The molecular weight excluding hydrogens is 460 g/mol. The third-order valence-corrected chi connectivity index (χ3v) is 4.37. The molecule has 0 fully saturated rings. The summed E-state index contributed by atoms with van der Waals surface area (Å²) in [4.78, 5) is 62.3. The number of amides is 4. The minimum Gasteiger partial charge on any atom is -0.508 e. The fourth-order valence-electron chi connectivity index (χ4n) is 2.87. The number of rotatable bonds is 10. The Morgan fingerprint density at radius 2 is 1.89 bits per heavy atom. The van der Waals surface area contributed by atoms with Crippen LogP contribution >= 0.6 is 0 Å². The van der Waals surface area contributed by atoms with Crippen LogP contribution in [0, 0.1) is 12.5 Å². The molecule has 0 aromatic heterocycles. The molecule has 0 aliphatic carbocycles. The average molecular weight is 491 g/mol. The molecule has 4 amide bonds. The Bertz CT molecular complexity index is 996. The topological polar surface area (TPSA) is 177 Å². The Kier molecular flexibility index (Phi) is 10.5. The predicted octanol–water partition coefficient (Wildman–Crippen LogP) is 0.301. The van der Waals surface area contributed by atoms with E-state index in [0.29, 0.717) is 4.90 Å². The molecule has 1 aromatic carbocycles. The summed E-state index contributed by atoms with van der Waals surface area (Å²) < 4.78 is 9.67. The minimum absolute atomic E-state index is 0.115. The fourth-order valence-corrected chi connectivity index (χ4v) is 2.87. The van der Waals surface area contributed by atoms with Gasteiger partial charge in [0.25, 0.3) is 5.91 Å². The van der Waals surface area contributed by atoms with Gasteiger partial charge in [-0.3, -0.25) is 24.1 Å². The lowest BCUT2D eigenvalue weighted by Gasteiger charge is -2.30. The first kappa shape index (κ1) is 28.8. The number of hydrogen-bond acceptors (Lipinski definition) is 8. The SMILES string of the molecule is C#CN(C(=O)C(CCC(N)=O)NC(=O)OC(C)(C)C)C(C(=O)NCC(=O)OC)c1cccc(O)c1. The maximum absolute atomic E-state index is 13.4. The van der Waals surface area contributed by atoms with E-state index in [-0.39, 0.29) is 24.2 Å². The second kappa shape index (κ2) is 12.8. The summed E-state index contributed by atoms with van der Waals surface area (Å²) in [5.41, 5.74) is 4.43. The van der Waals surface area contributed by atoms with Crippen molar-refractivity contribution in [3.63, 3.8) is 0 Å². The van der Waals surface area contributed by atoms with Gasteiger partial charge in [-0.05, 0) is 44.9 Å². The third kappa shape index (κ3) is 9.63. The van der Waals surface area contributed by atoms with Gasteiger partial charge in [-0.2, -0.15) is 0 Å². The number of terminal acetylenes is 1. The summed E-state index contributed by atoms with van der Waals surface area (Å²) in [6.45, 7) is 4.33. The summed E-state index contributed by atoms with van der Waals surface area (Å²) >= 11 is 0. The first-order chi connectivity index (χ1) is 16.3. The number of aromatic hydroxyl groups is 1. The third-order valence-electron chi connectivity index (χ3n) is 4.37. The molecule has 12 nitrogen and oxygen atoms in total. The second-order valence-corrected chi connectivity index (χ2v) is 8.33. The average Bonchev–Trinajstić information content (AvgIpc) is 2.76. The summed E-state index contributed by atoms with van der Waals surface area (Å²) in [6.07, 6.45) is 4.11. The predicted molar refractivity (Wildman–Crippen MR) is 123 cm³/mol. The highest BCUT2D eigenvalue weighted by Crippen LogP contribution is 2.25. The Labute approximate surface area is 203 Å². The van der Waals surface area contributed by atoms with E-state index in [1.54, 1.807) is 20.8 Å². The van der Waals surface area contributed by atoms with Crippen LogP contribution in [0.1, 0.15) is 45.2 Å². The highest BCUT2D eigenvalue weighted by atomic mass is 16.6. The maximum Gasteiger partial charge on any atom is 0.408 e. The van der Waals surface area contributed by atoms with Crippen LogP contribution in [0.4, 0.5) is 4.79 Å². The van der Waals surface area contributed by atoms with E-state index < -0.39 is 54.0 Å². The van der Waals surface area contributed by atoms with Crippen molar-refractivity contribution in [2.45, 2.75) is 51.3 Å². The van der Waals surface area contributed by atoms with Crippen molar-refractivity contribution >= 4 is 29.8 Å². The number of benzene rings is 1. The maximum atomic E-state index is 13.4. The molecule has 35 heavy (non-hydrogen) atoms. The van der Waals surface area contributed by atoms with Crippen molar-refractivity contribution < 1.29 is 38.6 Å². The number of esters is 1. The first-order valence-corrected chi connectivity index (χ1v) is 10.5. The van der Waals surface area contributed by atoms with Crippen molar-refractivity contribution in [3.8, 4) is 18.2 Å². The van der Waals surface area contributed by atoms with Gasteiger partial charge in [-0.1, -0.05) is 18.6 Å². The normalized spacial score (nSPS) is 12.3. The molecule has 2 unspecified atom stereocenters. The molecule has 0 radical (unpaired) electrons. The van der Waals surface area contributed by atoms with Crippen LogP contribution in [0.5, 0.6) is 5.75 Å². The number of phenols is 1. The van der Waals surface area contributed by atoms with Crippen LogP contribution in [-0.4, -0.2) is 65.1 Å². The molecule has 2 atom stereocenters. The zero-order valence-electron chi connectivity index (χ0n) is 20.0. The number of methoxy groups -OCH3 is 1. The largest absolute Gasteiger partial charge is 0.508 e. The molecule has 0 saturated carbocycles. The zero-order chi connectivity index (χ0) is 26.8. The number of alkyl carbamates (subject to hydrolysis) is 1. The second-order valence-electron chi connectivity index (χ2n) is 8.33. The van der Waals surface area contributed by atoms with Crippen LogP contribution in [-0.2, 0) is 28.7 Å². The van der Waals surface area contributed by atoms with Crippen molar-refractivity contribution in [3.05, 3.63) is 29.8 Å². The number of nitrogens with two attached hydrogens (primary N) is 1. The molecule has 12 heteroatoms. The summed E-state index contributed by atoms with van der Waals surface area (Å²) in [7, 11) is 1.13. The Balaban J connectivity index is 3.36. The smallest absolute Gasteiger partial charge is 0.408 e. The lowest BCUT2D eigenvalue weighted by molar-refractivity contribution is -0.142. The van der Waals surface area contributed by atoms with Gasteiger partial charge in [0.05, 0.1) is 7.11 Å². The van der Waals surface area contributed by atoms with E-state index in [1.165, 1.54) is 24.3 Å². The van der Waals surface area contributed by atoms with Gasteiger partial charge in [0, 0.05) is 12.5 Å². The van der Waals surface area contributed by atoms with E-state index in [2.05, 4.69) is 21.4 Å². The van der Waals surface area contributed by atoms with E-state index in [1.807, 2.05) is 0 Å². The van der Waals surface area contributed by atoms with Gasteiger partial charge in [0.15, 0.2) is 0 Å². The van der Waals surface area contributed by atoms with E-state index >= 15 is 0 Å². The first-order valence-electron chi connectivity index (χ1n) is 10.5. The molecule has 0 aliphatic rings. The molecule has 190 valence electrons. The number of carbonyl (C=O) groups is 5. The van der Waals surface area contributed by atoms with Gasteiger partial charge < -0.3 is 30.9 Å². The van der Waals surface area contributed by atoms with E-state index in [4.69, 9.17) is 16.9 Å². The number of carbonyl (C=O) groups excluding carboxylic acids is 5. The van der Waals surface area contributed by atoms with Crippen LogP contribution < -0.4 is 16.4 Å². The van der Waals surface area contributed by atoms with Crippen molar-refractivity contribution in [1.29, 1.82) is 0 Å². The monoisotopic (exact) mass is 490 g/mol. The van der Waals surface area contributed by atoms with Crippen molar-refractivity contribution in [2.24, 2.45) is 5.73 Å². The Hall–Kier alpha value is -4.27. The molecule has 1 rings (SSSR count). The lowest BCUT2D eigenvalue weighted by Crippen LogP contribution is -2.52. The van der Waals surface area contributed by atoms with Gasteiger partial charge in [-0.25, -0.2) is 4.79 Å². The standard InChI is InChI=1S/C23H30N4O8/c1-6-27(21(32)16(10-11-17(24)29)26-22(33)35-23(2,3)4)19(14-8-7-9-15(28)12-14)20(31)25-13-18(30)34-5/h1,7-9,12,16,19,28H,10-11,13H2,2-5H3,(H2,24,29)(H,25,31)(H,26,33). The highest BCUT2D eigenvalue weighted by molar-refractivity contribution is 5.94. The Morgan fingerprint density at radius 3 is 2.40 bits per heavy atom. The molecule has 5 N–H and O–H groups in total. The van der Waals surface area contributed by atoms with Crippen LogP contribution in [0.15, 0.2) is 24.3 Å². The van der Waals surface area contributed by atoms with Gasteiger partial charge in [-0.15, -0.1) is 0 Å². The number of nitrogens with zero attached hydrogens (tertiary/aromatic N) is 1. The highest BCUT2D eigenvalue weighted by Gasteiger charge is 2.36. The summed E-state index contributed by atoms with van der Waals surface area (Å²) in [6, 6.07) is 4.61. The van der Waals surface area contributed by atoms with Crippen LogP contribution in [0.2, 0.25) is 0 Å². The molecule has 0 heterocycles. The lowest BCUT2D eigenvalue weighted by atomic mass is 10.0. The quantitative estimate of drug-likeness (QED) is 0.205. The molecule has 1 aromatic rings. The molecule has 0 bridgehead atoms. The summed E-state index contributed by atoms with van der Waals surface area (Å²) in [5, 5.41) is 14.5. The van der Waals surface area contributed by atoms with Gasteiger partial charge >= 0.3 is 12.1 Å². The van der Waals surface area contributed by atoms with E-state index in [0.717, 1.165) is 7.11 Å². The van der Waals surface area contributed by atoms with Gasteiger partial charge in [0.1, 0.15) is 30.0 Å². The molecule has 0 spiro atoms. The summed E-state index contributed by atoms with van der Waals surface area (Å²) in [5.74, 6) is -3.49. The number of hydrogen-bond donors (Lipinski definition) is 4. The zero-order valence-corrected chi connectivity index (χ0v) is 20.0. The molecular formula is C23H30N4O8. The number of phenolic OH excluding ortho intramolecular Hbond substituents is 1.